The molecule has 0 saturated carbocycles. The lowest BCUT2D eigenvalue weighted by Gasteiger charge is -2.07. The molecule has 2 nitrogen and oxygen atoms in total. The topological polar surface area (TPSA) is 18.5 Å². The van der Waals surface area contributed by atoms with Crippen molar-refractivity contribution in [2.45, 2.75) is 0 Å². The highest BCUT2D eigenvalue weighted by atomic mass is 32.1. The van der Waals surface area contributed by atoms with E-state index in [1.165, 1.54) is 4.70 Å². The minimum Gasteiger partial charge on any atom is -0.493 e. The van der Waals surface area contributed by atoms with Crippen LogP contribution >= 0.6 is 11.3 Å². The molecule has 2 aromatic rings. The summed E-state index contributed by atoms with van der Waals surface area (Å²) in [5.74, 6) is 1.61. The van der Waals surface area contributed by atoms with E-state index in [0.29, 0.717) is 0 Å². The third kappa shape index (κ3) is 1.25. The summed E-state index contributed by atoms with van der Waals surface area (Å²) >= 11 is 1.70. The first-order chi connectivity index (χ1) is 6.36. The van der Waals surface area contributed by atoms with E-state index in [1.54, 1.807) is 25.6 Å². The summed E-state index contributed by atoms with van der Waals surface area (Å²) in [5.41, 5.74) is 0. The van der Waals surface area contributed by atoms with Gasteiger partial charge in [0, 0.05) is 10.1 Å². The van der Waals surface area contributed by atoms with Crippen LogP contribution in [0.1, 0.15) is 0 Å². The second-order valence-corrected chi connectivity index (χ2v) is 3.58. The first-order valence-electron chi connectivity index (χ1n) is 3.95. The fraction of sp³-hybridized carbons (Fsp3) is 0.200. The van der Waals surface area contributed by atoms with Crippen LogP contribution in [0, 0.1) is 0 Å². The maximum atomic E-state index is 5.29. The predicted octanol–water partition coefficient (Wildman–Crippen LogP) is 2.92. The van der Waals surface area contributed by atoms with Crippen molar-refractivity contribution >= 4 is 21.4 Å². The molecule has 0 aliphatic rings. The average Bonchev–Trinajstić information content (AvgIpc) is 2.63. The van der Waals surface area contributed by atoms with Gasteiger partial charge in [0.15, 0.2) is 11.5 Å². The van der Waals surface area contributed by atoms with E-state index in [4.69, 9.17) is 9.47 Å². The molecule has 0 saturated heterocycles. The summed E-state index contributed by atoms with van der Waals surface area (Å²) in [5, 5.41) is 3.17. The van der Waals surface area contributed by atoms with Crippen LogP contribution in [0.15, 0.2) is 23.6 Å². The number of hydrogen-bond donors (Lipinski definition) is 0. The van der Waals surface area contributed by atoms with E-state index in [0.717, 1.165) is 16.9 Å². The molecule has 0 aliphatic heterocycles. The zero-order valence-electron chi connectivity index (χ0n) is 7.53. The highest BCUT2D eigenvalue weighted by Crippen LogP contribution is 2.37. The molecule has 13 heavy (non-hydrogen) atoms. The molecule has 0 radical (unpaired) electrons. The smallest absolute Gasteiger partial charge is 0.169 e. The number of hydrogen-bond acceptors (Lipinski definition) is 3. The third-order valence-corrected chi connectivity index (χ3v) is 2.86. The summed E-state index contributed by atoms with van der Waals surface area (Å²) in [7, 11) is 3.31. The molecule has 0 unspecified atom stereocenters. The van der Waals surface area contributed by atoms with Crippen molar-refractivity contribution in [1.82, 2.24) is 0 Å². The Hall–Kier alpha value is -1.22. The Morgan fingerprint density at radius 1 is 1.08 bits per heavy atom. The van der Waals surface area contributed by atoms with E-state index in [9.17, 15) is 0 Å². The standard InChI is InChI=1S/C10H10O2S/c1-11-8-3-4-9-7(5-6-13-9)10(8)12-2/h3-6H,1-2H3. The molecule has 0 bridgehead atoms. The molecular weight excluding hydrogens is 184 g/mol. The molecular formula is C10H10O2S. The summed E-state index contributed by atoms with van der Waals surface area (Å²) < 4.78 is 11.7. The molecule has 1 aromatic carbocycles. The normalized spacial score (nSPS) is 10.3. The zero-order chi connectivity index (χ0) is 9.26. The maximum absolute atomic E-state index is 5.29. The Morgan fingerprint density at radius 2 is 1.92 bits per heavy atom. The molecule has 3 heteroatoms. The van der Waals surface area contributed by atoms with Crippen LogP contribution < -0.4 is 9.47 Å². The lowest BCUT2D eigenvalue weighted by molar-refractivity contribution is 0.358. The number of rotatable bonds is 2. The Bertz CT molecular complexity index is 420. The van der Waals surface area contributed by atoms with Gasteiger partial charge in [0.05, 0.1) is 14.2 Å². The Kier molecular flexibility index (Phi) is 2.10. The van der Waals surface area contributed by atoms with Crippen LogP contribution in [-0.4, -0.2) is 14.2 Å². The highest BCUT2D eigenvalue weighted by Gasteiger charge is 2.08. The van der Waals surface area contributed by atoms with Crippen LogP contribution in [0.3, 0.4) is 0 Å². The van der Waals surface area contributed by atoms with Crippen molar-refractivity contribution in [3.8, 4) is 11.5 Å². The van der Waals surface area contributed by atoms with E-state index >= 15 is 0 Å². The number of ether oxygens (including phenoxy) is 2. The van der Waals surface area contributed by atoms with Gasteiger partial charge in [0.1, 0.15) is 0 Å². The van der Waals surface area contributed by atoms with Crippen molar-refractivity contribution in [2.75, 3.05) is 14.2 Å². The van der Waals surface area contributed by atoms with Crippen molar-refractivity contribution < 1.29 is 9.47 Å². The molecule has 0 amide bonds. The van der Waals surface area contributed by atoms with Crippen molar-refractivity contribution in [3.63, 3.8) is 0 Å². The zero-order valence-corrected chi connectivity index (χ0v) is 8.35. The van der Waals surface area contributed by atoms with Gasteiger partial charge >= 0.3 is 0 Å². The van der Waals surface area contributed by atoms with Gasteiger partial charge in [-0.2, -0.15) is 0 Å². The van der Waals surface area contributed by atoms with E-state index in [1.807, 2.05) is 23.6 Å². The fourth-order valence-electron chi connectivity index (χ4n) is 1.37. The molecule has 68 valence electrons. The monoisotopic (exact) mass is 194 g/mol. The lowest BCUT2D eigenvalue weighted by atomic mass is 10.2. The fourth-order valence-corrected chi connectivity index (χ4v) is 2.15. The second-order valence-electron chi connectivity index (χ2n) is 2.63. The number of thiophene rings is 1. The van der Waals surface area contributed by atoms with Gasteiger partial charge in [-0.15, -0.1) is 11.3 Å². The van der Waals surface area contributed by atoms with Crippen molar-refractivity contribution in [1.29, 1.82) is 0 Å². The Labute approximate surface area is 80.7 Å². The lowest BCUT2D eigenvalue weighted by Crippen LogP contribution is -1.89. The first kappa shape index (κ1) is 8.38. The van der Waals surface area contributed by atoms with E-state index in [-0.39, 0.29) is 0 Å². The first-order valence-corrected chi connectivity index (χ1v) is 4.83. The van der Waals surface area contributed by atoms with Gasteiger partial charge in [-0.05, 0) is 23.6 Å². The van der Waals surface area contributed by atoms with E-state index < -0.39 is 0 Å². The van der Waals surface area contributed by atoms with Gasteiger partial charge in [0.25, 0.3) is 0 Å². The summed E-state index contributed by atoms with van der Waals surface area (Å²) in [6, 6.07) is 6.01. The summed E-state index contributed by atoms with van der Waals surface area (Å²) in [6.45, 7) is 0. The number of fused-ring (bicyclic) bond motifs is 1. The van der Waals surface area contributed by atoms with Crippen LogP contribution in [0.2, 0.25) is 0 Å². The summed E-state index contributed by atoms with van der Waals surface area (Å²) in [4.78, 5) is 0. The Balaban J connectivity index is 2.74. The van der Waals surface area contributed by atoms with Gasteiger partial charge < -0.3 is 9.47 Å². The number of benzene rings is 1. The van der Waals surface area contributed by atoms with Crippen LogP contribution in [0.4, 0.5) is 0 Å². The van der Waals surface area contributed by atoms with Gasteiger partial charge in [-0.3, -0.25) is 0 Å². The minimum absolute atomic E-state index is 0.786. The molecule has 1 aromatic heterocycles. The minimum atomic E-state index is 0.786. The van der Waals surface area contributed by atoms with Crippen LogP contribution in [0.25, 0.3) is 10.1 Å². The SMILES string of the molecule is COc1ccc2sccc2c1OC. The van der Waals surface area contributed by atoms with Crippen LogP contribution in [-0.2, 0) is 0 Å². The predicted molar refractivity (Wildman–Crippen MR) is 54.9 cm³/mol. The second kappa shape index (κ2) is 3.26. The molecule has 2 rings (SSSR count). The highest BCUT2D eigenvalue weighted by molar-refractivity contribution is 7.17. The molecule has 1 heterocycles. The quantitative estimate of drug-likeness (QED) is 0.731. The third-order valence-electron chi connectivity index (χ3n) is 1.97. The number of methoxy groups -OCH3 is 2. The largest absolute Gasteiger partial charge is 0.493 e. The van der Waals surface area contributed by atoms with Crippen molar-refractivity contribution in [2.24, 2.45) is 0 Å². The molecule has 0 atom stereocenters. The molecule has 0 N–H and O–H groups in total. The van der Waals surface area contributed by atoms with Gasteiger partial charge in [0.2, 0.25) is 0 Å². The molecule has 0 fully saturated rings. The molecule has 0 spiro atoms. The van der Waals surface area contributed by atoms with Crippen LogP contribution in [0.5, 0.6) is 11.5 Å². The van der Waals surface area contributed by atoms with Gasteiger partial charge in [-0.1, -0.05) is 0 Å². The Morgan fingerprint density at radius 3 is 2.62 bits per heavy atom. The maximum Gasteiger partial charge on any atom is 0.169 e. The van der Waals surface area contributed by atoms with Crippen molar-refractivity contribution in [3.05, 3.63) is 23.6 Å². The van der Waals surface area contributed by atoms with Gasteiger partial charge in [-0.25, -0.2) is 0 Å². The average molecular weight is 194 g/mol. The summed E-state index contributed by atoms with van der Waals surface area (Å²) in [6.07, 6.45) is 0. The molecule has 0 aliphatic carbocycles. The van der Waals surface area contributed by atoms with E-state index in [2.05, 4.69) is 0 Å².